The molecule has 0 N–H and O–H groups in total. The normalized spacial score (nSPS) is 15.2. The molecule has 0 saturated carbocycles. The molecule has 2 heterocycles. The van der Waals surface area contributed by atoms with E-state index in [0.717, 1.165) is 43.2 Å². The number of aromatic nitrogens is 1. The van der Waals surface area contributed by atoms with Gasteiger partial charge in [-0.05, 0) is 30.2 Å². The van der Waals surface area contributed by atoms with E-state index in [0.29, 0.717) is 5.69 Å². The van der Waals surface area contributed by atoms with E-state index >= 15 is 0 Å². The number of benzene rings is 2. The number of nitrogens with zero attached hydrogens (tertiary/aromatic N) is 3. The van der Waals surface area contributed by atoms with Gasteiger partial charge in [-0.15, -0.1) is 0 Å². The highest BCUT2D eigenvalue weighted by atomic mass is 32.1. The molecule has 1 aliphatic rings. The van der Waals surface area contributed by atoms with Crippen LogP contribution in [0, 0.1) is 5.82 Å². The van der Waals surface area contributed by atoms with E-state index in [4.69, 9.17) is 4.98 Å². The first-order valence-corrected chi connectivity index (χ1v) is 9.21. The van der Waals surface area contributed by atoms with Crippen molar-refractivity contribution >= 4 is 32.4 Å². The largest absolute Gasteiger partial charge is 0.366 e. The van der Waals surface area contributed by atoms with Crippen LogP contribution in [0.15, 0.2) is 42.5 Å². The summed E-state index contributed by atoms with van der Waals surface area (Å²) < 4.78 is 15.2. The molecule has 0 atom stereocenters. The van der Waals surface area contributed by atoms with Crippen LogP contribution in [0.1, 0.15) is 12.5 Å². The van der Waals surface area contributed by atoms with E-state index in [1.807, 2.05) is 12.1 Å². The molecular weight excluding hydrogens is 321 g/mol. The smallest absolute Gasteiger partial charge is 0.186 e. The molecule has 0 bridgehead atoms. The lowest BCUT2D eigenvalue weighted by Crippen LogP contribution is -2.46. The summed E-state index contributed by atoms with van der Waals surface area (Å²) in [6.07, 6.45) is 1.00. The molecule has 3 aromatic rings. The number of halogens is 1. The van der Waals surface area contributed by atoms with Gasteiger partial charge in [-0.25, -0.2) is 9.37 Å². The van der Waals surface area contributed by atoms with Crippen molar-refractivity contribution in [2.45, 2.75) is 13.3 Å². The van der Waals surface area contributed by atoms with Crippen molar-refractivity contribution in [2.75, 3.05) is 36.0 Å². The van der Waals surface area contributed by atoms with Crippen LogP contribution in [0.3, 0.4) is 0 Å². The fourth-order valence-electron chi connectivity index (χ4n) is 3.26. The first kappa shape index (κ1) is 15.4. The molecule has 1 saturated heterocycles. The van der Waals surface area contributed by atoms with Gasteiger partial charge in [0.2, 0.25) is 0 Å². The standard InChI is InChI=1S/C19H20FN3S/c1-2-14-6-5-9-17-18(14)21-19(24-17)23-12-10-22(11-13-23)16-8-4-3-7-15(16)20/h3-9H,2,10-13H2,1H3. The number of hydrogen-bond acceptors (Lipinski definition) is 4. The van der Waals surface area contributed by atoms with Crippen LogP contribution in [0.25, 0.3) is 10.2 Å². The summed E-state index contributed by atoms with van der Waals surface area (Å²) in [6.45, 7) is 5.54. The highest BCUT2D eigenvalue weighted by Gasteiger charge is 2.21. The highest BCUT2D eigenvalue weighted by Crippen LogP contribution is 2.32. The molecule has 24 heavy (non-hydrogen) atoms. The van der Waals surface area contributed by atoms with E-state index in [2.05, 4.69) is 34.9 Å². The van der Waals surface area contributed by atoms with Gasteiger partial charge in [0.05, 0.1) is 15.9 Å². The minimum atomic E-state index is -0.140. The van der Waals surface area contributed by atoms with Crippen molar-refractivity contribution < 1.29 is 4.39 Å². The number of piperazine rings is 1. The minimum absolute atomic E-state index is 0.140. The summed E-state index contributed by atoms with van der Waals surface area (Å²) in [4.78, 5) is 9.32. The summed E-state index contributed by atoms with van der Waals surface area (Å²) in [5.41, 5.74) is 3.14. The van der Waals surface area contributed by atoms with E-state index in [1.165, 1.54) is 16.3 Å². The highest BCUT2D eigenvalue weighted by molar-refractivity contribution is 7.22. The second kappa shape index (κ2) is 6.40. The maximum atomic E-state index is 14.0. The zero-order valence-electron chi connectivity index (χ0n) is 13.7. The zero-order chi connectivity index (χ0) is 16.5. The number of para-hydroxylation sites is 2. The number of hydrogen-bond donors (Lipinski definition) is 0. The second-order valence-electron chi connectivity index (χ2n) is 6.04. The lowest BCUT2D eigenvalue weighted by Gasteiger charge is -2.36. The lowest BCUT2D eigenvalue weighted by molar-refractivity contribution is 0.597. The topological polar surface area (TPSA) is 19.4 Å². The Kier molecular flexibility index (Phi) is 4.10. The SMILES string of the molecule is CCc1cccc2sc(N3CCN(c4ccccc4F)CC3)nc12. The number of thiazole rings is 1. The van der Waals surface area contributed by atoms with Crippen molar-refractivity contribution in [3.8, 4) is 0 Å². The molecule has 0 unspecified atom stereocenters. The van der Waals surface area contributed by atoms with Crippen LogP contribution in [-0.4, -0.2) is 31.2 Å². The molecule has 1 fully saturated rings. The van der Waals surface area contributed by atoms with Gasteiger partial charge < -0.3 is 9.80 Å². The second-order valence-corrected chi connectivity index (χ2v) is 7.05. The number of rotatable bonds is 3. The maximum absolute atomic E-state index is 14.0. The van der Waals surface area contributed by atoms with Crippen molar-refractivity contribution in [1.82, 2.24) is 4.98 Å². The minimum Gasteiger partial charge on any atom is -0.366 e. The van der Waals surface area contributed by atoms with E-state index < -0.39 is 0 Å². The van der Waals surface area contributed by atoms with Crippen molar-refractivity contribution in [2.24, 2.45) is 0 Å². The fourth-order valence-corrected chi connectivity index (χ4v) is 4.33. The van der Waals surface area contributed by atoms with Crippen molar-refractivity contribution in [3.05, 3.63) is 53.8 Å². The average molecular weight is 341 g/mol. The Bertz CT molecular complexity index is 853. The summed E-state index contributed by atoms with van der Waals surface area (Å²) in [5.74, 6) is -0.140. The summed E-state index contributed by atoms with van der Waals surface area (Å²) >= 11 is 1.76. The molecule has 124 valence electrons. The molecule has 3 nitrogen and oxygen atoms in total. The molecule has 4 rings (SSSR count). The Morgan fingerprint density at radius 1 is 1.00 bits per heavy atom. The Balaban J connectivity index is 1.53. The third-order valence-electron chi connectivity index (χ3n) is 4.62. The number of fused-ring (bicyclic) bond motifs is 1. The third kappa shape index (κ3) is 2.73. The average Bonchev–Trinajstić information content (AvgIpc) is 3.06. The number of aryl methyl sites for hydroxylation is 1. The van der Waals surface area contributed by atoms with Gasteiger partial charge in [-0.3, -0.25) is 0 Å². The summed E-state index contributed by atoms with van der Waals surface area (Å²) in [7, 11) is 0. The molecule has 1 aromatic heterocycles. The van der Waals surface area contributed by atoms with Gasteiger partial charge in [0, 0.05) is 26.2 Å². The van der Waals surface area contributed by atoms with E-state index in [-0.39, 0.29) is 5.82 Å². The zero-order valence-corrected chi connectivity index (χ0v) is 14.5. The van der Waals surface area contributed by atoms with Gasteiger partial charge in [0.25, 0.3) is 0 Å². The van der Waals surface area contributed by atoms with Crippen LogP contribution >= 0.6 is 11.3 Å². The van der Waals surface area contributed by atoms with Gasteiger partial charge in [0.15, 0.2) is 5.13 Å². The molecule has 0 amide bonds. The van der Waals surface area contributed by atoms with E-state index in [1.54, 1.807) is 17.4 Å². The fraction of sp³-hybridized carbons (Fsp3) is 0.316. The Labute approximate surface area is 145 Å². The molecule has 5 heteroatoms. The Morgan fingerprint density at radius 2 is 1.75 bits per heavy atom. The molecule has 2 aromatic carbocycles. The van der Waals surface area contributed by atoms with Gasteiger partial charge in [-0.1, -0.05) is 42.5 Å². The molecule has 1 aliphatic heterocycles. The predicted octanol–water partition coefficient (Wildman–Crippen LogP) is 4.32. The molecule has 0 spiro atoms. The molecule has 0 aliphatic carbocycles. The van der Waals surface area contributed by atoms with Crippen LogP contribution in [0.2, 0.25) is 0 Å². The van der Waals surface area contributed by atoms with Crippen molar-refractivity contribution in [3.63, 3.8) is 0 Å². The van der Waals surface area contributed by atoms with Gasteiger partial charge in [-0.2, -0.15) is 0 Å². The third-order valence-corrected chi connectivity index (χ3v) is 5.70. The first-order chi connectivity index (χ1) is 11.8. The Morgan fingerprint density at radius 3 is 2.50 bits per heavy atom. The van der Waals surface area contributed by atoms with Crippen molar-refractivity contribution in [1.29, 1.82) is 0 Å². The van der Waals surface area contributed by atoms with Crippen LogP contribution in [-0.2, 0) is 6.42 Å². The van der Waals surface area contributed by atoms with Gasteiger partial charge >= 0.3 is 0 Å². The first-order valence-electron chi connectivity index (χ1n) is 8.39. The quantitative estimate of drug-likeness (QED) is 0.707. The van der Waals surface area contributed by atoms with E-state index in [9.17, 15) is 4.39 Å². The molecular formula is C19H20FN3S. The predicted molar refractivity (Wildman–Crippen MR) is 99.8 cm³/mol. The summed E-state index contributed by atoms with van der Waals surface area (Å²) in [6, 6.07) is 13.4. The van der Waals surface area contributed by atoms with Crippen LogP contribution in [0.4, 0.5) is 15.2 Å². The maximum Gasteiger partial charge on any atom is 0.186 e. The monoisotopic (exact) mass is 341 g/mol. The number of anilines is 2. The van der Waals surface area contributed by atoms with Crippen LogP contribution in [0.5, 0.6) is 0 Å². The van der Waals surface area contributed by atoms with Crippen LogP contribution < -0.4 is 9.80 Å². The molecule has 0 radical (unpaired) electrons. The lowest BCUT2D eigenvalue weighted by atomic mass is 10.1. The summed E-state index contributed by atoms with van der Waals surface area (Å²) in [5, 5.41) is 1.08. The Hall–Kier alpha value is -2.14. The van der Waals surface area contributed by atoms with Gasteiger partial charge in [0.1, 0.15) is 5.82 Å².